The van der Waals surface area contributed by atoms with Crippen molar-refractivity contribution in [1.82, 2.24) is 9.78 Å². The van der Waals surface area contributed by atoms with E-state index in [2.05, 4.69) is 11.2 Å². The summed E-state index contributed by atoms with van der Waals surface area (Å²) in [5.41, 5.74) is 1.35. The van der Waals surface area contributed by atoms with Crippen molar-refractivity contribution in [2.45, 2.75) is 26.4 Å². The highest BCUT2D eigenvalue weighted by atomic mass is 16.3. The number of aromatic nitrogens is 2. The van der Waals surface area contributed by atoms with Crippen LogP contribution in [0.4, 0.5) is 5.82 Å². The zero-order chi connectivity index (χ0) is 12.3. The first kappa shape index (κ1) is 12.5. The summed E-state index contributed by atoms with van der Waals surface area (Å²) >= 11 is 0. The third-order valence-electron chi connectivity index (χ3n) is 2.55. The fraction of sp³-hybridized carbons (Fsp3) is 0.636. The van der Waals surface area contributed by atoms with Crippen molar-refractivity contribution in [1.29, 1.82) is 5.26 Å². The van der Waals surface area contributed by atoms with Gasteiger partial charge >= 0.3 is 0 Å². The quantitative estimate of drug-likeness (QED) is 0.818. The molecule has 1 aromatic heterocycles. The number of hydrogen-bond donors (Lipinski definition) is 1. The summed E-state index contributed by atoms with van der Waals surface area (Å²) in [5, 5.41) is 22.5. The standard InChI is InChI=1S/C11H18N4O/c1-8(16)5-6-14(3)11-10(7-12)9(2)13-15(11)4/h8,16H,5-6H2,1-4H3. The van der Waals surface area contributed by atoms with Gasteiger partial charge in [0.05, 0.1) is 11.8 Å². The smallest absolute Gasteiger partial charge is 0.144 e. The average molecular weight is 222 g/mol. The van der Waals surface area contributed by atoms with E-state index < -0.39 is 0 Å². The molecule has 0 saturated carbocycles. The average Bonchev–Trinajstić information content (AvgIpc) is 2.49. The van der Waals surface area contributed by atoms with Crippen LogP contribution >= 0.6 is 0 Å². The first-order chi connectivity index (χ1) is 7.47. The highest BCUT2D eigenvalue weighted by Gasteiger charge is 2.16. The molecule has 16 heavy (non-hydrogen) atoms. The predicted octanol–water partition coefficient (Wildman–Crippen LogP) is 0.807. The number of aryl methyl sites for hydroxylation is 2. The molecule has 0 saturated heterocycles. The van der Waals surface area contributed by atoms with Crippen LogP contribution in [-0.2, 0) is 7.05 Å². The summed E-state index contributed by atoms with van der Waals surface area (Å²) in [6, 6.07) is 2.17. The topological polar surface area (TPSA) is 65.1 Å². The lowest BCUT2D eigenvalue weighted by Crippen LogP contribution is -2.24. The molecule has 0 bridgehead atoms. The van der Waals surface area contributed by atoms with Gasteiger partial charge < -0.3 is 10.0 Å². The van der Waals surface area contributed by atoms with Crippen molar-refractivity contribution in [2.75, 3.05) is 18.5 Å². The van der Waals surface area contributed by atoms with Crippen LogP contribution in [0.25, 0.3) is 0 Å². The number of nitriles is 1. The van der Waals surface area contributed by atoms with E-state index in [1.807, 2.05) is 25.9 Å². The summed E-state index contributed by atoms with van der Waals surface area (Å²) in [6.45, 7) is 4.28. The Hall–Kier alpha value is -1.54. The van der Waals surface area contributed by atoms with Gasteiger partial charge in [-0.05, 0) is 20.3 Å². The molecule has 88 valence electrons. The number of aliphatic hydroxyl groups excluding tert-OH is 1. The van der Waals surface area contributed by atoms with Crippen molar-refractivity contribution in [3.8, 4) is 6.07 Å². The van der Waals surface area contributed by atoms with Gasteiger partial charge in [0.2, 0.25) is 0 Å². The van der Waals surface area contributed by atoms with Crippen molar-refractivity contribution in [2.24, 2.45) is 7.05 Å². The summed E-state index contributed by atoms with van der Waals surface area (Å²) in [7, 11) is 3.72. The Morgan fingerprint density at radius 1 is 1.62 bits per heavy atom. The van der Waals surface area contributed by atoms with Crippen LogP contribution in [0.5, 0.6) is 0 Å². The zero-order valence-corrected chi connectivity index (χ0v) is 10.2. The zero-order valence-electron chi connectivity index (χ0n) is 10.2. The normalized spacial score (nSPS) is 12.2. The number of aliphatic hydroxyl groups is 1. The van der Waals surface area contributed by atoms with Gasteiger partial charge in [0, 0.05) is 20.6 Å². The maximum absolute atomic E-state index is 9.24. The van der Waals surface area contributed by atoms with Crippen LogP contribution in [0.15, 0.2) is 0 Å². The number of hydrogen-bond acceptors (Lipinski definition) is 4. The number of rotatable bonds is 4. The largest absolute Gasteiger partial charge is 0.393 e. The minimum atomic E-state index is -0.331. The van der Waals surface area contributed by atoms with Gasteiger partial charge in [-0.3, -0.25) is 4.68 Å². The molecule has 1 N–H and O–H groups in total. The number of anilines is 1. The summed E-state index contributed by atoms with van der Waals surface area (Å²) in [5.74, 6) is 0.806. The van der Waals surface area contributed by atoms with E-state index in [0.29, 0.717) is 18.5 Å². The van der Waals surface area contributed by atoms with Gasteiger partial charge in [-0.25, -0.2) is 0 Å². The molecule has 0 aliphatic rings. The second-order valence-corrected chi connectivity index (χ2v) is 4.08. The molecule has 0 radical (unpaired) electrons. The van der Waals surface area contributed by atoms with Crippen LogP contribution in [0.3, 0.4) is 0 Å². The summed E-state index contributed by atoms with van der Waals surface area (Å²) < 4.78 is 1.70. The first-order valence-corrected chi connectivity index (χ1v) is 5.30. The van der Waals surface area contributed by atoms with E-state index in [9.17, 15) is 5.11 Å². The van der Waals surface area contributed by atoms with E-state index in [0.717, 1.165) is 11.5 Å². The molecule has 1 rings (SSSR count). The monoisotopic (exact) mass is 222 g/mol. The van der Waals surface area contributed by atoms with Gasteiger partial charge in [-0.1, -0.05) is 0 Å². The minimum absolute atomic E-state index is 0.331. The van der Waals surface area contributed by atoms with Crippen LogP contribution in [0.1, 0.15) is 24.6 Å². The van der Waals surface area contributed by atoms with E-state index >= 15 is 0 Å². The Labute approximate surface area is 95.9 Å². The van der Waals surface area contributed by atoms with Crippen LogP contribution in [0, 0.1) is 18.3 Å². The van der Waals surface area contributed by atoms with E-state index in [4.69, 9.17) is 5.26 Å². The lowest BCUT2D eigenvalue weighted by Gasteiger charge is -2.20. The Kier molecular flexibility index (Phi) is 3.91. The molecule has 0 aliphatic heterocycles. The molecule has 0 aliphatic carbocycles. The third-order valence-corrected chi connectivity index (χ3v) is 2.55. The predicted molar refractivity (Wildman–Crippen MR) is 62.2 cm³/mol. The maximum atomic E-state index is 9.24. The van der Waals surface area contributed by atoms with Gasteiger partial charge in [-0.2, -0.15) is 10.4 Å². The number of nitrogens with zero attached hydrogens (tertiary/aromatic N) is 4. The van der Waals surface area contributed by atoms with Crippen molar-refractivity contribution in [3.63, 3.8) is 0 Å². The van der Waals surface area contributed by atoms with Gasteiger partial charge in [0.25, 0.3) is 0 Å². The molecule has 0 aromatic carbocycles. The molecule has 0 fully saturated rings. The Morgan fingerprint density at radius 3 is 2.75 bits per heavy atom. The molecule has 1 aromatic rings. The van der Waals surface area contributed by atoms with E-state index in [1.165, 1.54) is 0 Å². The lowest BCUT2D eigenvalue weighted by atomic mass is 10.2. The fourth-order valence-corrected chi connectivity index (χ4v) is 1.70. The molecule has 5 heteroatoms. The highest BCUT2D eigenvalue weighted by molar-refractivity contribution is 5.56. The SMILES string of the molecule is Cc1nn(C)c(N(C)CCC(C)O)c1C#N. The van der Waals surface area contributed by atoms with Crippen molar-refractivity contribution >= 4 is 5.82 Å². The maximum Gasteiger partial charge on any atom is 0.144 e. The van der Waals surface area contributed by atoms with Crippen molar-refractivity contribution < 1.29 is 5.11 Å². The molecule has 1 unspecified atom stereocenters. The van der Waals surface area contributed by atoms with Gasteiger partial charge in [-0.15, -0.1) is 0 Å². The molecule has 5 nitrogen and oxygen atoms in total. The van der Waals surface area contributed by atoms with E-state index in [1.54, 1.807) is 11.6 Å². The Morgan fingerprint density at radius 2 is 2.25 bits per heavy atom. The second kappa shape index (κ2) is 4.99. The lowest BCUT2D eigenvalue weighted by molar-refractivity contribution is 0.186. The van der Waals surface area contributed by atoms with Crippen LogP contribution in [0.2, 0.25) is 0 Å². The molecule has 0 spiro atoms. The highest BCUT2D eigenvalue weighted by Crippen LogP contribution is 2.21. The Bertz CT molecular complexity index is 403. The second-order valence-electron chi connectivity index (χ2n) is 4.08. The minimum Gasteiger partial charge on any atom is -0.393 e. The fourth-order valence-electron chi connectivity index (χ4n) is 1.70. The molecule has 0 amide bonds. The third kappa shape index (κ3) is 2.52. The van der Waals surface area contributed by atoms with E-state index in [-0.39, 0.29) is 6.10 Å². The van der Waals surface area contributed by atoms with Gasteiger partial charge in [0.1, 0.15) is 17.5 Å². The van der Waals surface area contributed by atoms with Crippen LogP contribution in [-0.4, -0.2) is 34.6 Å². The van der Waals surface area contributed by atoms with Gasteiger partial charge in [0.15, 0.2) is 0 Å². The molecular formula is C11H18N4O. The first-order valence-electron chi connectivity index (χ1n) is 5.30. The molecular weight excluding hydrogens is 204 g/mol. The summed E-state index contributed by atoms with van der Waals surface area (Å²) in [6.07, 6.45) is 0.341. The molecule has 1 heterocycles. The Balaban J connectivity index is 2.91. The summed E-state index contributed by atoms with van der Waals surface area (Å²) in [4.78, 5) is 1.95. The molecule has 1 atom stereocenters. The van der Waals surface area contributed by atoms with Crippen molar-refractivity contribution in [3.05, 3.63) is 11.3 Å². The van der Waals surface area contributed by atoms with Crippen LogP contribution < -0.4 is 4.90 Å².